The van der Waals surface area contributed by atoms with Gasteiger partial charge in [0.05, 0.1) is 27.0 Å². The van der Waals surface area contributed by atoms with Crippen molar-refractivity contribution in [3.63, 3.8) is 0 Å². The van der Waals surface area contributed by atoms with Crippen LogP contribution in [0.2, 0.25) is 5.02 Å². The first-order valence-electron chi connectivity index (χ1n) is 5.63. The van der Waals surface area contributed by atoms with Crippen molar-refractivity contribution >= 4 is 43.5 Å². The van der Waals surface area contributed by atoms with Crippen LogP contribution in [0.1, 0.15) is 24.2 Å². The zero-order chi connectivity index (χ0) is 16.4. The van der Waals surface area contributed by atoms with Crippen LogP contribution in [0.3, 0.4) is 0 Å². The van der Waals surface area contributed by atoms with Crippen LogP contribution in [-0.4, -0.2) is 26.0 Å². The standard InChI is InChI=1S/C12H12BrClN2O4S/c1-12(2,5-15)6-16-21(19,20)7-3-8(11(17)18)10(14)9(13)4-7/h3-4,16H,6H2,1-2H3,(H,17,18). The van der Waals surface area contributed by atoms with E-state index in [1.54, 1.807) is 13.8 Å². The van der Waals surface area contributed by atoms with E-state index in [2.05, 4.69) is 20.7 Å². The number of sulfonamides is 1. The first kappa shape index (κ1) is 17.9. The molecule has 0 saturated carbocycles. The second-order valence-corrected chi connectivity index (χ2v) is 7.89. The molecule has 1 rings (SSSR count). The van der Waals surface area contributed by atoms with Crippen LogP contribution < -0.4 is 4.72 Å². The van der Waals surface area contributed by atoms with Gasteiger partial charge >= 0.3 is 5.97 Å². The molecule has 2 N–H and O–H groups in total. The van der Waals surface area contributed by atoms with Gasteiger partial charge in [0, 0.05) is 11.0 Å². The third-order valence-corrected chi connectivity index (χ3v) is 5.19. The largest absolute Gasteiger partial charge is 0.478 e. The normalized spacial score (nSPS) is 12.0. The fourth-order valence-electron chi connectivity index (χ4n) is 1.27. The third-order valence-electron chi connectivity index (χ3n) is 2.55. The van der Waals surface area contributed by atoms with Gasteiger partial charge in [0.25, 0.3) is 0 Å². The number of nitrogens with zero attached hydrogens (tertiary/aromatic N) is 1. The lowest BCUT2D eigenvalue weighted by molar-refractivity contribution is 0.0696. The molecule has 0 aliphatic heterocycles. The molecule has 9 heteroatoms. The number of hydrogen-bond donors (Lipinski definition) is 2. The molecular weight excluding hydrogens is 384 g/mol. The number of rotatable bonds is 5. The summed E-state index contributed by atoms with van der Waals surface area (Å²) in [5.41, 5.74) is -1.21. The van der Waals surface area contributed by atoms with E-state index in [0.717, 1.165) is 6.07 Å². The van der Waals surface area contributed by atoms with Crippen LogP contribution in [0.25, 0.3) is 0 Å². The fourth-order valence-corrected chi connectivity index (χ4v) is 3.34. The number of nitrogens with one attached hydrogen (secondary N) is 1. The Kier molecular flexibility index (Phi) is 5.39. The van der Waals surface area contributed by atoms with Crippen LogP contribution >= 0.6 is 27.5 Å². The van der Waals surface area contributed by atoms with Gasteiger partial charge < -0.3 is 5.11 Å². The second-order valence-electron chi connectivity index (χ2n) is 4.89. The zero-order valence-corrected chi connectivity index (χ0v) is 14.3. The maximum atomic E-state index is 12.2. The number of nitriles is 1. The Bertz CT molecular complexity index is 726. The average molecular weight is 396 g/mol. The summed E-state index contributed by atoms with van der Waals surface area (Å²) in [7, 11) is -3.95. The summed E-state index contributed by atoms with van der Waals surface area (Å²) in [5, 5.41) is 17.8. The molecule has 0 atom stereocenters. The molecule has 0 saturated heterocycles. The molecule has 1 aromatic carbocycles. The summed E-state index contributed by atoms with van der Waals surface area (Å²) < 4.78 is 26.7. The summed E-state index contributed by atoms with van der Waals surface area (Å²) in [4.78, 5) is 10.8. The van der Waals surface area contributed by atoms with Gasteiger partial charge in [-0.3, -0.25) is 0 Å². The quantitative estimate of drug-likeness (QED) is 0.797. The number of aromatic carboxylic acids is 1. The zero-order valence-electron chi connectivity index (χ0n) is 11.1. The number of benzene rings is 1. The minimum Gasteiger partial charge on any atom is -0.478 e. The molecule has 0 radical (unpaired) electrons. The lowest BCUT2D eigenvalue weighted by Gasteiger charge is -2.16. The van der Waals surface area contributed by atoms with Crippen LogP contribution in [0.15, 0.2) is 21.5 Å². The molecule has 0 spiro atoms. The van der Waals surface area contributed by atoms with Crippen LogP contribution in [0, 0.1) is 16.7 Å². The monoisotopic (exact) mass is 394 g/mol. The van der Waals surface area contributed by atoms with Gasteiger partial charge in [0.15, 0.2) is 0 Å². The molecule has 0 aromatic heterocycles. The highest BCUT2D eigenvalue weighted by molar-refractivity contribution is 9.10. The Labute approximate surface area is 135 Å². The minimum absolute atomic E-state index is 0.0844. The molecule has 0 bridgehead atoms. The van der Waals surface area contributed by atoms with E-state index >= 15 is 0 Å². The van der Waals surface area contributed by atoms with Crippen molar-refractivity contribution in [1.82, 2.24) is 4.72 Å². The van der Waals surface area contributed by atoms with Crippen molar-refractivity contribution in [2.45, 2.75) is 18.7 Å². The Morgan fingerprint density at radius 3 is 2.57 bits per heavy atom. The Morgan fingerprint density at radius 1 is 1.52 bits per heavy atom. The molecule has 0 amide bonds. The van der Waals surface area contributed by atoms with Gasteiger partial charge in [0.2, 0.25) is 10.0 Å². The Morgan fingerprint density at radius 2 is 2.10 bits per heavy atom. The highest BCUT2D eigenvalue weighted by atomic mass is 79.9. The summed E-state index contributed by atoms with van der Waals surface area (Å²) in [6, 6.07) is 4.14. The van der Waals surface area contributed by atoms with Crippen molar-refractivity contribution in [3.05, 3.63) is 27.2 Å². The predicted octanol–water partition coefficient (Wildman–Crippen LogP) is 2.63. The van der Waals surface area contributed by atoms with Gasteiger partial charge in [-0.15, -0.1) is 0 Å². The van der Waals surface area contributed by atoms with E-state index in [1.807, 2.05) is 6.07 Å². The molecule has 0 unspecified atom stereocenters. The van der Waals surface area contributed by atoms with Crippen LogP contribution in [0.5, 0.6) is 0 Å². The first-order valence-corrected chi connectivity index (χ1v) is 8.29. The fraction of sp³-hybridized carbons (Fsp3) is 0.333. The van der Waals surface area contributed by atoms with Crippen molar-refractivity contribution in [3.8, 4) is 6.07 Å². The van der Waals surface area contributed by atoms with Gasteiger partial charge in [-0.25, -0.2) is 17.9 Å². The minimum atomic E-state index is -3.95. The lowest BCUT2D eigenvalue weighted by Crippen LogP contribution is -2.33. The molecule has 6 nitrogen and oxygen atoms in total. The smallest absolute Gasteiger partial charge is 0.337 e. The predicted molar refractivity (Wildman–Crippen MR) is 80.7 cm³/mol. The Hall–Kier alpha value is -1.14. The summed E-state index contributed by atoms with van der Waals surface area (Å²) in [5.74, 6) is -1.34. The van der Waals surface area contributed by atoms with E-state index in [4.69, 9.17) is 22.0 Å². The summed E-state index contributed by atoms with van der Waals surface area (Å²) in [6.07, 6.45) is 0. The van der Waals surface area contributed by atoms with Crippen molar-refractivity contribution in [2.75, 3.05) is 6.54 Å². The maximum absolute atomic E-state index is 12.2. The second kappa shape index (κ2) is 6.32. The van der Waals surface area contributed by atoms with Gasteiger partial charge in [-0.2, -0.15) is 5.26 Å². The summed E-state index contributed by atoms with van der Waals surface area (Å²) in [6.45, 7) is 3.06. The van der Waals surface area contributed by atoms with E-state index < -0.39 is 21.4 Å². The SMILES string of the molecule is CC(C)(C#N)CNS(=O)(=O)c1cc(Br)c(Cl)c(C(=O)O)c1. The van der Waals surface area contributed by atoms with Crippen LogP contribution in [0.4, 0.5) is 0 Å². The first-order chi connectivity index (χ1) is 9.50. The molecular formula is C12H12BrClN2O4S. The molecule has 114 valence electrons. The number of carboxylic acids is 1. The number of carbonyl (C=O) groups is 1. The molecule has 21 heavy (non-hydrogen) atoms. The third kappa shape index (κ3) is 4.41. The van der Waals surface area contributed by atoms with Crippen molar-refractivity contribution in [1.29, 1.82) is 5.26 Å². The molecule has 0 aliphatic carbocycles. The van der Waals surface area contributed by atoms with E-state index in [9.17, 15) is 13.2 Å². The molecule has 0 heterocycles. The van der Waals surface area contributed by atoms with Crippen molar-refractivity contribution < 1.29 is 18.3 Å². The highest BCUT2D eigenvalue weighted by Crippen LogP contribution is 2.30. The molecule has 0 aliphatic rings. The van der Waals surface area contributed by atoms with E-state index in [1.165, 1.54) is 6.07 Å². The summed E-state index contributed by atoms with van der Waals surface area (Å²) >= 11 is 8.82. The molecule has 1 aromatic rings. The average Bonchev–Trinajstić information content (AvgIpc) is 2.39. The lowest BCUT2D eigenvalue weighted by atomic mass is 9.97. The van der Waals surface area contributed by atoms with Gasteiger partial charge in [-0.05, 0) is 41.9 Å². The van der Waals surface area contributed by atoms with Crippen molar-refractivity contribution in [2.24, 2.45) is 5.41 Å². The van der Waals surface area contributed by atoms with Gasteiger partial charge in [0.1, 0.15) is 0 Å². The molecule has 0 fully saturated rings. The number of hydrogen-bond acceptors (Lipinski definition) is 4. The maximum Gasteiger partial charge on any atom is 0.337 e. The topological polar surface area (TPSA) is 107 Å². The van der Waals surface area contributed by atoms with E-state index in [-0.39, 0.29) is 26.5 Å². The van der Waals surface area contributed by atoms with E-state index in [0.29, 0.717) is 0 Å². The Balaban J connectivity index is 3.22. The number of carboxylic acid groups (broad SMARTS) is 1. The van der Waals surface area contributed by atoms with Gasteiger partial charge in [-0.1, -0.05) is 11.6 Å². The number of halogens is 2. The highest BCUT2D eigenvalue weighted by Gasteiger charge is 2.24. The van der Waals surface area contributed by atoms with Crippen LogP contribution in [-0.2, 0) is 10.0 Å².